The van der Waals surface area contributed by atoms with Gasteiger partial charge in [-0.1, -0.05) is 29.8 Å². The van der Waals surface area contributed by atoms with Crippen LogP contribution in [0.3, 0.4) is 0 Å². The van der Waals surface area contributed by atoms with Crippen LogP contribution in [-0.2, 0) is 9.84 Å². The van der Waals surface area contributed by atoms with E-state index >= 15 is 0 Å². The molecule has 0 amide bonds. The van der Waals surface area contributed by atoms with Gasteiger partial charge in [0, 0.05) is 10.7 Å². The average molecular weight is 401 g/mol. The van der Waals surface area contributed by atoms with Crippen LogP contribution < -0.4 is 5.32 Å². The van der Waals surface area contributed by atoms with Crippen molar-refractivity contribution in [3.63, 3.8) is 0 Å². The first-order chi connectivity index (χ1) is 13.0. The third kappa shape index (κ3) is 3.47. The van der Waals surface area contributed by atoms with Crippen molar-refractivity contribution in [2.45, 2.75) is 9.92 Å². The highest BCUT2D eigenvalue weighted by Gasteiger charge is 2.29. The van der Waals surface area contributed by atoms with Gasteiger partial charge in [-0.25, -0.2) is 8.42 Å². The minimum atomic E-state index is -3.90. The van der Waals surface area contributed by atoms with Crippen LogP contribution in [0.15, 0.2) is 91.7 Å². The third-order valence-electron chi connectivity index (χ3n) is 3.74. The summed E-state index contributed by atoms with van der Waals surface area (Å²) in [4.78, 5) is 4.29. The number of anilines is 2. The number of halogens is 1. The number of aromatic nitrogens is 1. The number of nitrogens with zero attached hydrogens (tertiary/aromatic N) is 1. The summed E-state index contributed by atoms with van der Waals surface area (Å²) in [6.45, 7) is 0. The zero-order valence-corrected chi connectivity index (χ0v) is 15.4. The van der Waals surface area contributed by atoms with Crippen LogP contribution in [0.25, 0.3) is 11.7 Å². The maximum absolute atomic E-state index is 13.1. The molecular weight excluding hydrogens is 388 g/mol. The van der Waals surface area contributed by atoms with Gasteiger partial charge in [0.1, 0.15) is 0 Å². The summed E-state index contributed by atoms with van der Waals surface area (Å²) in [5, 5.41) is 3.28. The smallest absolute Gasteiger partial charge is 0.266 e. The van der Waals surface area contributed by atoms with Crippen molar-refractivity contribution in [2.75, 3.05) is 5.32 Å². The molecule has 0 spiro atoms. The molecule has 0 bridgehead atoms. The normalized spacial score (nSPS) is 11.4. The van der Waals surface area contributed by atoms with E-state index < -0.39 is 9.84 Å². The quantitative estimate of drug-likeness (QED) is 0.497. The highest BCUT2D eigenvalue weighted by molar-refractivity contribution is 7.91. The Labute approximate surface area is 160 Å². The zero-order valence-electron chi connectivity index (χ0n) is 13.8. The third-order valence-corrected chi connectivity index (χ3v) is 5.67. The van der Waals surface area contributed by atoms with Gasteiger partial charge in [0.15, 0.2) is 5.76 Å². The molecule has 2 heterocycles. The molecule has 4 aromatic rings. The summed E-state index contributed by atoms with van der Waals surface area (Å²) >= 11 is 5.90. The average Bonchev–Trinajstić information content (AvgIpc) is 3.34. The number of benzene rings is 2. The monoisotopic (exact) mass is 400 g/mol. The Morgan fingerprint density at radius 3 is 2.33 bits per heavy atom. The van der Waals surface area contributed by atoms with Crippen molar-refractivity contribution >= 4 is 33.0 Å². The van der Waals surface area contributed by atoms with Crippen LogP contribution in [0.1, 0.15) is 0 Å². The fourth-order valence-electron chi connectivity index (χ4n) is 2.45. The number of rotatable bonds is 5. The second-order valence-corrected chi connectivity index (χ2v) is 7.88. The van der Waals surface area contributed by atoms with Crippen LogP contribution in [0.4, 0.5) is 11.6 Å². The second kappa shape index (κ2) is 6.94. The molecule has 1 N–H and O–H groups in total. The van der Waals surface area contributed by atoms with Crippen molar-refractivity contribution in [3.8, 4) is 11.7 Å². The van der Waals surface area contributed by atoms with Gasteiger partial charge in [-0.3, -0.25) is 0 Å². The highest BCUT2D eigenvalue weighted by Crippen LogP contribution is 2.34. The fraction of sp³-hybridized carbons (Fsp3) is 0. The van der Waals surface area contributed by atoms with E-state index in [1.807, 2.05) is 0 Å². The summed E-state index contributed by atoms with van der Waals surface area (Å²) < 4.78 is 37.1. The first kappa shape index (κ1) is 17.4. The van der Waals surface area contributed by atoms with Gasteiger partial charge in [0.2, 0.25) is 20.7 Å². The summed E-state index contributed by atoms with van der Waals surface area (Å²) in [6, 6.07) is 18.1. The van der Waals surface area contributed by atoms with Crippen molar-refractivity contribution < 1.29 is 17.3 Å². The molecular formula is C19H13ClN2O4S. The topological polar surface area (TPSA) is 85.3 Å². The van der Waals surface area contributed by atoms with Crippen LogP contribution in [0.2, 0.25) is 5.02 Å². The Hall–Kier alpha value is -3.03. The lowest BCUT2D eigenvalue weighted by Crippen LogP contribution is -2.05. The van der Waals surface area contributed by atoms with Crippen molar-refractivity contribution in [1.82, 2.24) is 4.98 Å². The van der Waals surface area contributed by atoms with Gasteiger partial charge < -0.3 is 14.2 Å². The lowest BCUT2D eigenvalue weighted by Gasteiger charge is -2.06. The number of sulfone groups is 1. The van der Waals surface area contributed by atoms with Crippen LogP contribution in [0.5, 0.6) is 0 Å². The van der Waals surface area contributed by atoms with Crippen molar-refractivity contribution in [3.05, 3.63) is 78.0 Å². The molecule has 136 valence electrons. The van der Waals surface area contributed by atoms with E-state index in [-0.39, 0.29) is 21.7 Å². The van der Waals surface area contributed by atoms with Crippen LogP contribution >= 0.6 is 11.6 Å². The Morgan fingerprint density at radius 1 is 0.926 bits per heavy atom. The molecule has 0 radical (unpaired) electrons. The number of furan rings is 1. The fourth-order valence-corrected chi connectivity index (χ4v) is 3.85. The lowest BCUT2D eigenvalue weighted by atomic mass is 10.3. The van der Waals surface area contributed by atoms with Crippen LogP contribution in [0, 0.1) is 0 Å². The summed E-state index contributed by atoms with van der Waals surface area (Å²) in [5.41, 5.74) is 0.603. The SMILES string of the molecule is O=S(=O)(c1ccccc1)c1nc(-c2ccco2)oc1Nc1ccc(Cl)cc1. The van der Waals surface area contributed by atoms with E-state index in [0.717, 1.165) is 0 Å². The lowest BCUT2D eigenvalue weighted by molar-refractivity contribution is 0.524. The molecule has 27 heavy (non-hydrogen) atoms. The molecule has 2 aromatic carbocycles. The number of hydrogen-bond donors (Lipinski definition) is 1. The van der Waals surface area contributed by atoms with Gasteiger partial charge in [0.25, 0.3) is 5.89 Å². The Morgan fingerprint density at radius 2 is 1.67 bits per heavy atom. The summed E-state index contributed by atoms with van der Waals surface area (Å²) in [5.74, 6) is 0.377. The Bertz CT molecular complexity index is 1150. The van der Waals surface area contributed by atoms with Crippen LogP contribution in [-0.4, -0.2) is 13.4 Å². The first-order valence-corrected chi connectivity index (χ1v) is 9.77. The molecule has 0 saturated carbocycles. The zero-order chi connectivity index (χ0) is 18.9. The Kier molecular flexibility index (Phi) is 4.47. The highest BCUT2D eigenvalue weighted by atomic mass is 35.5. The van der Waals surface area contributed by atoms with Crippen molar-refractivity contribution in [1.29, 1.82) is 0 Å². The molecule has 0 unspecified atom stereocenters. The molecule has 0 fully saturated rings. The van der Waals surface area contributed by atoms with E-state index in [9.17, 15) is 8.42 Å². The molecule has 8 heteroatoms. The van der Waals surface area contributed by atoms with E-state index in [2.05, 4.69) is 10.3 Å². The number of hydrogen-bond acceptors (Lipinski definition) is 6. The van der Waals surface area contributed by atoms with Gasteiger partial charge in [-0.05, 0) is 48.5 Å². The number of oxazole rings is 1. The van der Waals surface area contributed by atoms with Crippen molar-refractivity contribution in [2.24, 2.45) is 0 Å². The van der Waals surface area contributed by atoms with Gasteiger partial charge in [-0.15, -0.1) is 0 Å². The minimum Gasteiger partial charge on any atom is -0.459 e. The van der Waals surface area contributed by atoms with E-state index in [1.165, 1.54) is 18.4 Å². The minimum absolute atomic E-state index is 0.00687. The predicted molar refractivity (Wildman–Crippen MR) is 101 cm³/mol. The molecule has 2 aromatic heterocycles. The van der Waals surface area contributed by atoms with Gasteiger partial charge in [0.05, 0.1) is 11.2 Å². The summed E-state index contributed by atoms with van der Waals surface area (Å²) in [7, 11) is -3.90. The molecule has 0 atom stereocenters. The van der Waals surface area contributed by atoms with Gasteiger partial charge >= 0.3 is 0 Å². The second-order valence-electron chi connectivity index (χ2n) is 5.58. The standard InChI is InChI=1S/C19H13ClN2O4S/c20-13-8-10-14(11-9-13)21-18-19(22-17(26-18)16-7-4-12-25-16)27(23,24)15-5-2-1-3-6-15/h1-12,21H. The number of nitrogens with one attached hydrogen (secondary N) is 1. The molecule has 0 aliphatic carbocycles. The Balaban J connectivity index is 1.83. The maximum atomic E-state index is 13.1. The van der Waals surface area contributed by atoms with E-state index in [4.69, 9.17) is 20.4 Å². The molecule has 6 nitrogen and oxygen atoms in total. The largest absolute Gasteiger partial charge is 0.459 e. The maximum Gasteiger partial charge on any atom is 0.266 e. The summed E-state index contributed by atoms with van der Waals surface area (Å²) in [6.07, 6.45) is 1.46. The molecule has 0 saturated heterocycles. The molecule has 0 aliphatic heterocycles. The molecule has 0 aliphatic rings. The van der Waals surface area contributed by atoms with Gasteiger partial charge in [-0.2, -0.15) is 4.98 Å². The van der Waals surface area contributed by atoms with E-state index in [1.54, 1.807) is 54.6 Å². The molecule has 4 rings (SSSR count). The first-order valence-electron chi connectivity index (χ1n) is 7.91. The van der Waals surface area contributed by atoms with E-state index in [0.29, 0.717) is 16.5 Å². The predicted octanol–water partition coefficient (Wildman–Crippen LogP) is 5.16.